The third-order valence-corrected chi connectivity index (χ3v) is 5.08. The molecule has 2 N–H and O–H groups in total. The zero-order valence-corrected chi connectivity index (χ0v) is 16.5. The summed E-state index contributed by atoms with van der Waals surface area (Å²) in [5.74, 6) is 0. The van der Waals surface area contributed by atoms with E-state index in [1.54, 1.807) is 0 Å². The maximum absolute atomic E-state index is 10.8. The van der Waals surface area contributed by atoms with Crippen molar-refractivity contribution in [3.8, 4) is 0 Å². The number of hydrogen-bond acceptors (Lipinski definition) is 4. The molecule has 0 unspecified atom stereocenters. The number of aryl methyl sites for hydroxylation is 1. The predicted molar refractivity (Wildman–Crippen MR) is 104 cm³/mol. The standard InChI is InChI=1S/C21H36N2O2/c1-20(2,24)12-10-18-6-8-19(9-7-18)16-23-14-5-11-21(25,13-15-23)17-22(3)4/h6-9,24-25H,5,10-17H2,1-4H3/t21-/m1/s1. The molecule has 25 heavy (non-hydrogen) atoms. The lowest BCUT2D eigenvalue weighted by Gasteiger charge is -2.30. The molecule has 0 aliphatic carbocycles. The summed E-state index contributed by atoms with van der Waals surface area (Å²) in [6.45, 7) is 7.41. The van der Waals surface area contributed by atoms with Crippen molar-refractivity contribution in [3.63, 3.8) is 0 Å². The van der Waals surface area contributed by atoms with Gasteiger partial charge in [0.05, 0.1) is 11.2 Å². The van der Waals surface area contributed by atoms with E-state index in [-0.39, 0.29) is 0 Å². The van der Waals surface area contributed by atoms with Crippen LogP contribution in [0, 0.1) is 0 Å². The largest absolute Gasteiger partial charge is 0.390 e. The minimum absolute atomic E-state index is 0.542. The number of likely N-dealkylation sites (N-methyl/N-ethyl adjacent to an activating group) is 1. The normalized spacial score (nSPS) is 23.0. The Balaban J connectivity index is 1.85. The molecule has 1 aliphatic heterocycles. The molecule has 4 nitrogen and oxygen atoms in total. The summed E-state index contributed by atoms with van der Waals surface area (Å²) < 4.78 is 0. The number of hydrogen-bond donors (Lipinski definition) is 2. The van der Waals surface area contributed by atoms with Gasteiger partial charge in [0, 0.05) is 19.6 Å². The molecule has 1 heterocycles. The molecule has 0 spiro atoms. The molecule has 0 saturated carbocycles. The molecule has 2 rings (SSSR count). The highest BCUT2D eigenvalue weighted by Crippen LogP contribution is 2.24. The van der Waals surface area contributed by atoms with Gasteiger partial charge in [0.25, 0.3) is 0 Å². The summed E-state index contributed by atoms with van der Waals surface area (Å²) in [4.78, 5) is 4.54. The van der Waals surface area contributed by atoms with E-state index in [1.165, 1.54) is 11.1 Å². The molecular formula is C21H36N2O2. The van der Waals surface area contributed by atoms with Gasteiger partial charge in [-0.05, 0) is 77.7 Å². The van der Waals surface area contributed by atoms with Gasteiger partial charge in [-0.1, -0.05) is 24.3 Å². The second kappa shape index (κ2) is 8.63. The summed E-state index contributed by atoms with van der Waals surface area (Å²) in [6, 6.07) is 8.77. The summed E-state index contributed by atoms with van der Waals surface area (Å²) in [5.41, 5.74) is 1.46. The minimum Gasteiger partial charge on any atom is -0.390 e. The molecule has 1 saturated heterocycles. The number of benzene rings is 1. The second-order valence-corrected chi connectivity index (χ2v) is 8.72. The molecule has 1 aliphatic rings. The van der Waals surface area contributed by atoms with Crippen LogP contribution in [0.4, 0.5) is 0 Å². The van der Waals surface area contributed by atoms with Crippen LogP contribution in [0.25, 0.3) is 0 Å². The molecule has 1 atom stereocenters. The van der Waals surface area contributed by atoms with Crippen molar-refractivity contribution in [2.24, 2.45) is 0 Å². The number of nitrogens with zero attached hydrogens (tertiary/aromatic N) is 2. The lowest BCUT2D eigenvalue weighted by atomic mass is 9.94. The molecular weight excluding hydrogens is 312 g/mol. The molecule has 0 bridgehead atoms. The van der Waals surface area contributed by atoms with Crippen LogP contribution in [-0.4, -0.2) is 64.9 Å². The highest BCUT2D eigenvalue weighted by Gasteiger charge is 2.30. The average Bonchev–Trinajstić information content (AvgIpc) is 2.67. The van der Waals surface area contributed by atoms with Crippen molar-refractivity contribution in [2.45, 2.75) is 63.7 Å². The smallest absolute Gasteiger partial charge is 0.0786 e. The fraction of sp³-hybridized carbons (Fsp3) is 0.714. The van der Waals surface area contributed by atoms with Gasteiger partial charge in [-0.25, -0.2) is 0 Å². The third kappa shape index (κ3) is 7.45. The Bertz CT molecular complexity index is 522. The van der Waals surface area contributed by atoms with Gasteiger partial charge in [0.15, 0.2) is 0 Å². The molecule has 142 valence electrons. The predicted octanol–water partition coefficient (Wildman–Crippen LogP) is 2.67. The van der Waals surface area contributed by atoms with Crippen molar-refractivity contribution in [1.29, 1.82) is 0 Å². The second-order valence-electron chi connectivity index (χ2n) is 8.72. The lowest BCUT2D eigenvalue weighted by molar-refractivity contribution is 0.00257. The monoisotopic (exact) mass is 348 g/mol. The third-order valence-electron chi connectivity index (χ3n) is 5.08. The number of rotatable bonds is 7. The summed E-state index contributed by atoms with van der Waals surface area (Å²) in [7, 11) is 4.06. The first-order chi connectivity index (χ1) is 11.7. The fourth-order valence-electron chi connectivity index (χ4n) is 3.66. The van der Waals surface area contributed by atoms with E-state index in [2.05, 4.69) is 34.1 Å². The molecule has 4 heteroatoms. The Kier molecular flexibility index (Phi) is 7.03. The van der Waals surface area contributed by atoms with E-state index in [0.29, 0.717) is 0 Å². The molecule has 0 aromatic heterocycles. The Morgan fingerprint density at radius 2 is 1.72 bits per heavy atom. The van der Waals surface area contributed by atoms with Crippen molar-refractivity contribution in [1.82, 2.24) is 9.80 Å². The van der Waals surface area contributed by atoms with E-state index < -0.39 is 11.2 Å². The van der Waals surface area contributed by atoms with E-state index in [4.69, 9.17) is 0 Å². The van der Waals surface area contributed by atoms with Gasteiger partial charge in [-0.15, -0.1) is 0 Å². The SMILES string of the molecule is CN(C)C[C@@]1(O)CCCN(Cc2ccc(CCC(C)(C)O)cc2)CC1. The van der Waals surface area contributed by atoms with Gasteiger partial charge in [-0.2, -0.15) is 0 Å². The van der Waals surface area contributed by atoms with Gasteiger partial charge < -0.3 is 15.1 Å². The number of aliphatic hydroxyl groups is 2. The van der Waals surface area contributed by atoms with E-state index in [1.807, 2.05) is 27.9 Å². The van der Waals surface area contributed by atoms with Crippen LogP contribution in [0.2, 0.25) is 0 Å². The maximum atomic E-state index is 10.8. The van der Waals surface area contributed by atoms with E-state index in [0.717, 1.165) is 58.3 Å². The summed E-state index contributed by atoms with van der Waals surface area (Å²) in [6.07, 6.45) is 4.47. The number of likely N-dealkylation sites (tertiary alicyclic amines) is 1. The van der Waals surface area contributed by atoms with Crippen LogP contribution in [0.3, 0.4) is 0 Å². The van der Waals surface area contributed by atoms with Gasteiger partial charge in [0.1, 0.15) is 0 Å². The Morgan fingerprint density at radius 3 is 2.32 bits per heavy atom. The van der Waals surface area contributed by atoms with E-state index in [9.17, 15) is 10.2 Å². The fourth-order valence-corrected chi connectivity index (χ4v) is 3.66. The van der Waals surface area contributed by atoms with Gasteiger partial charge in [0.2, 0.25) is 0 Å². The zero-order chi connectivity index (χ0) is 18.5. The molecule has 1 aromatic rings. The van der Waals surface area contributed by atoms with Crippen LogP contribution in [-0.2, 0) is 13.0 Å². The Morgan fingerprint density at radius 1 is 1.08 bits per heavy atom. The molecule has 1 fully saturated rings. The van der Waals surface area contributed by atoms with Crippen LogP contribution in [0.1, 0.15) is 50.7 Å². The molecule has 0 amide bonds. The van der Waals surface area contributed by atoms with Crippen molar-refractivity contribution in [3.05, 3.63) is 35.4 Å². The van der Waals surface area contributed by atoms with Crippen molar-refractivity contribution in [2.75, 3.05) is 33.7 Å². The van der Waals surface area contributed by atoms with Crippen molar-refractivity contribution >= 4 is 0 Å². The Hall–Kier alpha value is -0.940. The lowest BCUT2D eigenvalue weighted by Crippen LogP contribution is -2.40. The first kappa shape index (κ1) is 20.4. The minimum atomic E-state index is -0.603. The maximum Gasteiger partial charge on any atom is 0.0786 e. The van der Waals surface area contributed by atoms with Gasteiger partial charge >= 0.3 is 0 Å². The van der Waals surface area contributed by atoms with Crippen molar-refractivity contribution < 1.29 is 10.2 Å². The summed E-state index contributed by atoms with van der Waals surface area (Å²) in [5, 5.41) is 20.6. The average molecular weight is 349 g/mol. The molecule has 1 aromatic carbocycles. The first-order valence-electron chi connectivity index (χ1n) is 9.55. The Labute approximate surface area is 153 Å². The first-order valence-corrected chi connectivity index (χ1v) is 9.55. The highest BCUT2D eigenvalue weighted by molar-refractivity contribution is 5.22. The van der Waals surface area contributed by atoms with Gasteiger partial charge in [-0.3, -0.25) is 4.90 Å². The highest BCUT2D eigenvalue weighted by atomic mass is 16.3. The zero-order valence-electron chi connectivity index (χ0n) is 16.5. The quantitative estimate of drug-likeness (QED) is 0.795. The van der Waals surface area contributed by atoms with Crippen LogP contribution in [0.5, 0.6) is 0 Å². The van der Waals surface area contributed by atoms with Crippen LogP contribution in [0.15, 0.2) is 24.3 Å². The van der Waals surface area contributed by atoms with Crippen LogP contribution >= 0.6 is 0 Å². The topological polar surface area (TPSA) is 46.9 Å². The van der Waals surface area contributed by atoms with E-state index >= 15 is 0 Å². The van der Waals surface area contributed by atoms with Crippen LogP contribution < -0.4 is 0 Å². The molecule has 0 radical (unpaired) electrons. The summed E-state index contributed by atoms with van der Waals surface area (Å²) >= 11 is 0.